The molecule has 3 heterocycles. The lowest BCUT2D eigenvalue weighted by atomic mass is 10.0. The van der Waals surface area contributed by atoms with Gasteiger partial charge in [0.1, 0.15) is 0 Å². The lowest BCUT2D eigenvalue weighted by Crippen LogP contribution is -2.41. The minimum Gasteiger partial charge on any atom is -0.378 e. The maximum Gasteiger partial charge on any atom is 0.322 e. The average Bonchev–Trinajstić information content (AvgIpc) is 3.09. The Labute approximate surface area is 183 Å². The summed E-state index contributed by atoms with van der Waals surface area (Å²) in [5, 5.41) is 7.72. The van der Waals surface area contributed by atoms with E-state index in [2.05, 4.69) is 16.5 Å². The standard InChI is InChI=1S/C23H31N5O3/c1-16-4-5-19(17(2)14-16)24-23(30)28-9-8-21-18(15-28)20(25-26(21)3)6-7-22(29)27-10-12-31-13-11-27/h4-5,14H,6-13,15H2,1-3H3,(H,24,30). The van der Waals surface area contributed by atoms with Gasteiger partial charge in [0.05, 0.1) is 25.5 Å². The van der Waals surface area contributed by atoms with Crippen LogP contribution in [0.25, 0.3) is 0 Å². The Morgan fingerprint density at radius 1 is 1.13 bits per heavy atom. The number of morpholine rings is 1. The SMILES string of the molecule is Cc1ccc(NC(=O)N2CCc3c(c(CCC(=O)N4CCOCC4)nn3C)C2)c(C)c1. The Kier molecular flexibility index (Phi) is 6.27. The molecule has 1 fully saturated rings. The van der Waals surface area contributed by atoms with E-state index in [4.69, 9.17) is 4.74 Å². The number of carbonyl (C=O) groups is 2. The lowest BCUT2D eigenvalue weighted by molar-refractivity contribution is -0.135. The van der Waals surface area contributed by atoms with Crippen LogP contribution in [0.2, 0.25) is 0 Å². The third-order valence-electron chi connectivity index (χ3n) is 6.18. The molecular formula is C23H31N5O3. The molecule has 2 aliphatic rings. The predicted molar refractivity (Wildman–Crippen MR) is 118 cm³/mol. The van der Waals surface area contributed by atoms with Gasteiger partial charge in [-0.3, -0.25) is 9.48 Å². The Morgan fingerprint density at radius 2 is 1.90 bits per heavy atom. The van der Waals surface area contributed by atoms with Crippen molar-refractivity contribution < 1.29 is 14.3 Å². The average molecular weight is 426 g/mol. The number of fused-ring (bicyclic) bond motifs is 1. The van der Waals surface area contributed by atoms with Crippen molar-refractivity contribution in [3.8, 4) is 0 Å². The van der Waals surface area contributed by atoms with Gasteiger partial charge in [0.25, 0.3) is 0 Å². The van der Waals surface area contributed by atoms with Crippen molar-refractivity contribution >= 4 is 17.6 Å². The molecule has 31 heavy (non-hydrogen) atoms. The number of rotatable bonds is 4. The van der Waals surface area contributed by atoms with Gasteiger partial charge in [0.2, 0.25) is 5.91 Å². The van der Waals surface area contributed by atoms with Crippen molar-refractivity contribution in [1.29, 1.82) is 0 Å². The fourth-order valence-electron chi connectivity index (χ4n) is 4.39. The molecule has 0 aliphatic carbocycles. The number of benzene rings is 1. The van der Waals surface area contributed by atoms with E-state index in [1.807, 2.05) is 47.5 Å². The van der Waals surface area contributed by atoms with Crippen LogP contribution in [0.1, 0.15) is 34.5 Å². The van der Waals surface area contributed by atoms with Crippen LogP contribution in [-0.2, 0) is 36.0 Å². The lowest BCUT2D eigenvalue weighted by Gasteiger charge is -2.28. The monoisotopic (exact) mass is 425 g/mol. The molecule has 8 nitrogen and oxygen atoms in total. The fraction of sp³-hybridized carbons (Fsp3) is 0.522. The number of ether oxygens (including phenoxy) is 1. The van der Waals surface area contributed by atoms with E-state index in [1.165, 1.54) is 5.56 Å². The van der Waals surface area contributed by atoms with Crippen molar-refractivity contribution in [2.75, 3.05) is 38.2 Å². The van der Waals surface area contributed by atoms with E-state index in [0.29, 0.717) is 52.2 Å². The highest BCUT2D eigenvalue weighted by atomic mass is 16.5. The summed E-state index contributed by atoms with van der Waals surface area (Å²) in [5.74, 6) is 0.142. The first-order valence-electron chi connectivity index (χ1n) is 10.9. The second-order valence-electron chi connectivity index (χ2n) is 8.41. The van der Waals surface area contributed by atoms with Crippen molar-refractivity contribution in [1.82, 2.24) is 19.6 Å². The van der Waals surface area contributed by atoms with Gasteiger partial charge < -0.3 is 19.9 Å². The third kappa shape index (κ3) is 4.74. The van der Waals surface area contributed by atoms with E-state index in [-0.39, 0.29) is 11.9 Å². The largest absolute Gasteiger partial charge is 0.378 e. The third-order valence-corrected chi connectivity index (χ3v) is 6.18. The van der Waals surface area contributed by atoms with Gasteiger partial charge in [-0.05, 0) is 25.5 Å². The maximum atomic E-state index is 12.9. The molecule has 8 heteroatoms. The topological polar surface area (TPSA) is 79.7 Å². The molecule has 4 rings (SSSR count). The molecule has 0 spiro atoms. The molecule has 166 valence electrons. The predicted octanol–water partition coefficient (Wildman–Crippen LogP) is 2.42. The van der Waals surface area contributed by atoms with Crippen LogP contribution in [0.3, 0.4) is 0 Å². The van der Waals surface area contributed by atoms with Gasteiger partial charge in [-0.1, -0.05) is 17.7 Å². The molecule has 1 saturated heterocycles. The first-order chi connectivity index (χ1) is 14.9. The second kappa shape index (κ2) is 9.09. The molecule has 2 aliphatic heterocycles. The summed E-state index contributed by atoms with van der Waals surface area (Å²) in [6.07, 6.45) is 1.78. The number of hydrogen-bond acceptors (Lipinski definition) is 4. The van der Waals surface area contributed by atoms with Crippen molar-refractivity contribution in [2.24, 2.45) is 7.05 Å². The Bertz CT molecular complexity index is 978. The maximum absolute atomic E-state index is 12.9. The van der Waals surface area contributed by atoms with Crippen LogP contribution in [0.4, 0.5) is 10.5 Å². The van der Waals surface area contributed by atoms with Crippen molar-refractivity contribution in [3.05, 3.63) is 46.3 Å². The summed E-state index contributed by atoms with van der Waals surface area (Å²) in [5.41, 5.74) is 6.22. The zero-order valence-corrected chi connectivity index (χ0v) is 18.6. The number of hydrogen-bond donors (Lipinski definition) is 1. The minimum absolute atomic E-state index is 0.100. The summed E-state index contributed by atoms with van der Waals surface area (Å²) in [4.78, 5) is 29.2. The molecule has 0 unspecified atom stereocenters. The van der Waals surface area contributed by atoms with Crippen LogP contribution in [0, 0.1) is 13.8 Å². The van der Waals surface area contributed by atoms with Gasteiger partial charge in [0, 0.05) is 62.9 Å². The molecule has 3 amide bonds. The number of carbonyl (C=O) groups excluding carboxylic acids is 2. The first-order valence-corrected chi connectivity index (χ1v) is 10.9. The highest BCUT2D eigenvalue weighted by molar-refractivity contribution is 5.90. The summed E-state index contributed by atoms with van der Waals surface area (Å²) < 4.78 is 7.23. The van der Waals surface area contributed by atoms with E-state index < -0.39 is 0 Å². The highest BCUT2D eigenvalue weighted by Crippen LogP contribution is 2.25. The van der Waals surface area contributed by atoms with Gasteiger partial charge in [-0.25, -0.2) is 4.79 Å². The van der Waals surface area contributed by atoms with E-state index in [0.717, 1.165) is 34.6 Å². The minimum atomic E-state index is -0.100. The molecule has 1 N–H and O–H groups in total. The number of aromatic nitrogens is 2. The summed E-state index contributed by atoms with van der Waals surface area (Å²) in [6, 6.07) is 5.91. The number of amides is 3. The number of aryl methyl sites for hydroxylation is 4. The van der Waals surface area contributed by atoms with Crippen LogP contribution in [-0.4, -0.2) is 64.4 Å². The molecule has 1 aromatic heterocycles. The Morgan fingerprint density at radius 3 is 2.65 bits per heavy atom. The molecule has 2 aromatic rings. The van der Waals surface area contributed by atoms with E-state index in [9.17, 15) is 9.59 Å². The van der Waals surface area contributed by atoms with Crippen LogP contribution in [0.15, 0.2) is 18.2 Å². The van der Waals surface area contributed by atoms with E-state index in [1.54, 1.807) is 0 Å². The molecular weight excluding hydrogens is 394 g/mol. The molecule has 0 radical (unpaired) electrons. The van der Waals surface area contributed by atoms with Gasteiger partial charge in [-0.15, -0.1) is 0 Å². The van der Waals surface area contributed by atoms with E-state index >= 15 is 0 Å². The summed E-state index contributed by atoms with van der Waals surface area (Å²) in [7, 11) is 1.94. The van der Waals surface area contributed by atoms with Gasteiger partial charge >= 0.3 is 6.03 Å². The zero-order chi connectivity index (χ0) is 22.0. The first kappa shape index (κ1) is 21.4. The molecule has 1 aromatic carbocycles. The number of urea groups is 1. The van der Waals surface area contributed by atoms with Crippen LogP contribution < -0.4 is 5.32 Å². The molecule has 0 bridgehead atoms. The molecule has 0 atom stereocenters. The Hall–Kier alpha value is -2.87. The zero-order valence-electron chi connectivity index (χ0n) is 18.6. The summed E-state index contributed by atoms with van der Waals surface area (Å²) >= 11 is 0. The normalized spacial score (nSPS) is 16.2. The Balaban J connectivity index is 1.42. The smallest absolute Gasteiger partial charge is 0.322 e. The van der Waals surface area contributed by atoms with Crippen molar-refractivity contribution in [2.45, 2.75) is 39.7 Å². The van der Waals surface area contributed by atoms with Crippen molar-refractivity contribution in [3.63, 3.8) is 0 Å². The number of anilines is 1. The summed E-state index contributed by atoms with van der Waals surface area (Å²) in [6.45, 7) is 7.73. The van der Waals surface area contributed by atoms with Gasteiger partial charge in [0.15, 0.2) is 0 Å². The van der Waals surface area contributed by atoms with Crippen LogP contribution >= 0.6 is 0 Å². The fourth-order valence-corrected chi connectivity index (χ4v) is 4.39. The van der Waals surface area contributed by atoms with Crippen LogP contribution in [0.5, 0.6) is 0 Å². The number of nitrogens with zero attached hydrogens (tertiary/aromatic N) is 4. The second-order valence-corrected chi connectivity index (χ2v) is 8.41. The quantitative estimate of drug-likeness (QED) is 0.816. The highest BCUT2D eigenvalue weighted by Gasteiger charge is 2.27. The molecule has 0 saturated carbocycles. The van der Waals surface area contributed by atoms with Gasteiger partial charge in [-0.2, -0.15) is 5.10 Å². The number of nitrogens with one attached hydrogen (secondary N) is 1.